The van der Waals surface area contributed by atoms with Crippen molar-refractivity contribution in [2.45, 2.75) is 39.2 Å². The molecule has 178 valence electrons. The Morgan fingerprint density at radius 2 is 1.68 bits per heavy atom. The molecule has 0 saturated heterocycles. The highest BCUT2D eigenvalue weighted by Crippen LogP contribution is 2.24. The van der Waals surface area contributed by atoms with Crippen molar-refractivity contribution in [2.75, 3.05) is 13.7 Å². The fraction of sp³-hybridized carbons (Fsp3) is 0.296. The van der Waals surface area contributed by atoms with E-state index in [1.807, 2.05) is 48.5 Å². The molecule has 3 aromatic rings. The van der Waals surface area contributed by atoms with Crippen molar-refractivity contribution < 1.29 is 19.1 Å². The third-order valence-electron chi connectivity index (χ3n) is 5.20. The Labute approximate surface area is 200 Å². The van der Waals surface area contributed by atoms with Crippen LogP contribution in [0.2, 0.25) is 0 Å². The number of ether oxygens (including phenoxy) is 2. The van der Waals surface area contributed by atoms with Gasteiger partial charge in [-0.05, 0) is 40.8 Å². The van der Waals surface area contributed by atoms with Gasteiger partial charge in [-0.1, -0.05) is 45.0 Å². The number of nitrogens with one attached hydrogen (secondary N) is 2. The molecule has 0 spiro atoms. The van der Waals surface area contributed by atoms with Crippen molar-refractivity contribution in [3.63, 3.8) is 0 Å². The van der Waals surface area contributed by atoms with Crippen LogP contribution < -0.4 is 20.1 Å². The smallest absolute Gasteiger partial charge is 0.251 e. The molecule has 2 aromatic carbocycles. The highest BCUT2D eigenvalue weighted by atomic mass is 16.5. The van der Waals surface area contributed by atoms with Gasteiger partial charge in [0.05, 0.1) is 7.11 Å². The van der Waals surface area contributed by atoms with Crippen LogP contribution in [-0.2, 0) is 16.8 Å². The SMILES string of the molecule is COc1cccc(Oc2ccc(CNC(=O)CCNC(=O)c3ccc(C(C)(C)C)cc3)cn2)c1. The Kier molecular flexibility index (Phi) is 8.24. The molecular weight excluding hydrogens is 430 g/mol. The second kappa shape index (κ2) is 11.3. The fourth-order valence-corrected chi connectivity index (χ4v) is 3.16. The van der Waals surface area contributed by atoms with Gasteiger partial charge in [0.15, 0.2) is 0 Å². The zero-order chi connectivity index (χ0) is 24.6. The van der Waals surface area contributed by atoms with Gasteiger partial charge in [0.1, 0.15) is 11.5 Å². The summed E-state index contributed by atoms with van der Waals surface area (Å²) >= 11 is 0. The molecule has 0 aliphatic carbocycles. The maximum absolute atomic E-state index is 12.3. The van der Waals surface area contributed by atoms with E-state index in [1.165, 1.54) is 0 Å². The number of hydrogen-bond acceptors (Lipinski definition) is 5. The molecule has 7 nitrogen and oxygen atoms in total. The Morgan fingerprint density at radius 1 is 0.941 bits per heavy atom. The first-order chi connectivity index (χ1) is 16.2. The van der Waals surface area contributed by atoms with E-state index in [0.717, 1.165) is 11.1 Å². The van der Waals surface area contributed by atoms with Crippen molar-refractivity contribution in [2.24, 2.45) is 0 Å². The van der Waals surface area contributed by atoms with E-state index < -0.39 is 0 Å². The maximum Gasteiger partial charge on any atom is 0.251 e. The molecule has 3 rings (SSSR count). The molecule has 0 saturated carbocycles. The second-order valence-electron chi connectivity index (χ2n) is 8.90. The average Bonchev–Trinajstić information content (AvgIpc) is 2.83. The average molecular weight is 462 g/mol. The molecular formula is C27H31N3O4. The summed E-state index contributed by atoms with van der Waals surface area (Å²) in [7, 11) is 1.60. The summed E-state index contributed by atoms with van der Waals surface area (Å²) in [6, 6.07) is 18.4. The lowest BCUT2D eigenvalue weighted by molar-refractivity contribution is -0.121. The highest BCUT2D eigenvalue weighted by molar-refractivity contribution is 5.94. The van der Waals surface area contributed by atoms with Crippen molar-refractivity contribution in [3.8, 4) is 17.4 Å². The van der Waals surface area contributed by atoms with Crippen LogP contribution in [0.3, 0.4) is 0 Å². The summed E-state index contributed by atoms with van der Waals surface area (Å²) in [4.78, 5) is 28.7. The summed E-state index contributed by atoms with van der Waals surface area (Å²) in [5.41, 5.74) is 2.62. The molecule has 2 N–H and O–H groups in total. The Hall–Kier alpha value is -3.87. The normalized spacial score (nSPS) is 10.9. The lowest BCUT2D eigenvalue weighted by Crippen LogP contribution is -2.30. The van der Waals surface area contributed by atoms with E-state index >= 15 is 0 Å². The van der Waals surface area contributed by atoms with Gasteiger partial charge in [-0.2, -0.15) is 0 Å². The second-order valence-corrected chi connectivity index (χ2v) is 8.90. The number of pyridine rings is 1. The zero-order valence-electron chi connectivity index (χ0n) is 20.1. The van der Waals surface area contributed by atoms with E-state index in [9.17, 15) is 9.59 Å². The van der Waals surface area contributed by atoms with Gasteiger partial charge in [-0.25, -0.2) is 4.98 Å². The molecule has 7 heteroatoms. The minimum absolute atomic E-state index is 0.0337. The largest absolute Gasteiger partial charge is 0.497 e. The van der Waals surface area contributed by atoms with Crippen LogP contribution in [0.1, 0.15) is 48.7 Å². The number of aromatic nitrogens is 1. The number of carbonyl (C=O) groups excluding carboxylic acids is 2. The topological polar surface area (TPSA) is 89.5 Å². The molecule has 0 bridgehead atoms. The van der Waals surface area contributed by atoms with Gasteiger partial charge < -0.3 is 20.1 Å². The number of rotatable bonds is 9. The van der Waals surface area contributed by atoms with E-state index in [4.69, 9.17) is 9.47 Å². The first kappa shape index (κ1) is 24.8. The van der Waals surface area contributed by atoms with Gasteiger partial charge >= 0.3 is 0 Å². The number of carbonyl (C=O) groups is 2. The number of methoxy groups -OCH3 is 1. The first-order valence-electron chi connectivity index (χ1n) is 11.2. The van der Waals surface area contributed by atoms with E-state index in [1.54, 1.807) is 25.4 Å². The predicted molar refractivity (Wildman–Crippen MR) is 131 cm³/mol. The maximum atomic E-state index is 12.3. The molecule has 1 aromatic heterocycles. The van der Waals surface area contributed by atoms with Gasteiger partial charge in [0.2, 0.25) is 11.8 Å². The number of benzene rings is 2. The van der Waals surface area contributed by atoms with Gasteiger partial charge in [0.25, 0.3) is 5.91 Å². The van der Waals surface area contributed by atoms with Crippen molar-refractivity contribution >= 4 is 11.8 Å². The summed E-state index contributed by atoms with van der Waals surface area (Å²) < 4.78 is 10.9. The molecule has 0 unspecified atom stereocenters. The lowest BCUT2D eigenvalue weighted by Gasteiger charge is -2.19. The summed E-state index contributed by atoms with van der Waals surface area (Å²) in [5, 5.41) is 5.62. The molecule has 0 radical (unpaired) electrons. The van der Waals surface area contributed by atoms with Crippen LogP contribution in [0.15, 0.2) is 66.9 Å². The third-order valence-corrected chi connectivity index (χ3v) is 5.20. The van der Waals surface area contributed by atoms with Crippen LogP contribution in [0.25, 0.3) is 0 Å². The molecule has 0 fully saturated rings. The Bertz CT molecular complexity index is 1100. The zero-order valence-corrected chi connectivity index (χ0v) is 20.1. The minimum atomic E-state index is -0.191. The highest BCUT2D eigenvalue weighted by Gasteiger charge is 2.14. The van der Waals surface area contributed by atoms with Crippen LogP contribution in [0.4, 0.5) is 0 Å². The number of nitrogens with zero attached hydrogens (tertiary/aromatic N) is 1. The van der Waals surface area contributed by atoms with Crippen molar-refractivity contribution in [1.82, 2.24) is 15.6 Å². The van der Waals surface area contributed by atoms with Crippen molar-refractivity contribution in [1.29, 1.82) is 0 Å². The summed E-state index contributed by atoms with van der Waals surface area (Å²) in [5.74, 6) is 1.43. The van der Waals surface area contributed by atoms with Crippen LogP contribution >= 0.6 is 0 Å². The third kappa shape index (κ3) is 7.33. The lowest BCUT2D eigenvalue weighted by atomic mass is 9.87. The fourth-order valence-electron chi connectivity index (χ4n) is 3.16. The minimum Gasteiger partial charge on any atom is -0.497 e. The van der Waals surface area contributed by atoms with Crippen LogP contribution in [0, 0.1) is 0 Å². The van der Waals surface area contributed by atoms with Crippen LogP contribution in [-0.4, -0.2) is 30.5 Å². The van der Waals surface area contributed by atoms with E-state index in [0.29, 0.717) is 29.5 Å². The summed E-state index contributed by atoms with van der Waals surface area (Å²) in [6.07, 6.45) is 1.84. The van der Waals surface area contributed by atoms with E-state index in [-0.39, 0.29) is 30.2 Å². The number of hydrogen-bond donors (Lipinski definition) is 2. The monoisotopic (exact) mass is 461 g/mol. The number of amides is 2. The molecule has 2 amide bonds. The molecule has 0 atom stereocenters. The molecule has 1 heterocycles. The molecule has 34 heavy (non-hydrogen) atoms. The standard InChI is InChI=1S/C27H31N3O4/c1-27(2,3)21-11-9-20(10-12-21)26(32)28-15-14-24(31)29-17-19-8-13-25(30-18-19)34-23-7-5-6-22(16-23)33-4/h5-13,16,18H,14-15,17H2,1-4H3,(H,28,32)(H,29,31). The van der Waals surface area contributed by atoms with Gasteiger partial charge in [0, 0.05) is 43.4 Å². The van der Waals surface area contributed by atoms with Gasteiger partial charge in [-0.3, -0.25) is 9.59 Å². The Morgan fingerprint density at radius 3 is 2.32 bits per heavy atom. The Balaban J connectivity index is 1.39. The first-order valence-corrected chi connectivity index (χ1v) is 11.2. The summed E-state index contributed by atoms with van der Waals surface area (Å²) in [6.45, 7) is 6.98. The van der Waals surface area contributed by atoms with E-state index in [2.05, 4.69) is 36.4 Å². The van der Waals surface area contributed by atoms with Crippen LogP contribution in [0.5, 0.6) is 17.4 Å². The quantitative estimate of drug-likeness (QED) is 0.486. The molecule has 0 aliphatic rings. The predicted octanol–water partition coefficient (Wildman–Crippen LogP) is 4.62. The van der Waals surface area contributed by atoms with Crippen molar-refractivity contribution in [3.05, 3.63) is 83.6 Å². The molecule has 0 aliphatic heterocycles. The van der Waals surface area contributed by atoms with Gasteiger partial charge in [-0.15, -0.1) is 0 Å².